The molecular formula is C13H27NO5. The average molecular weight is 277 g/mol. The average Bonchev–Trinajstić information content (AvgIpc) is 2.79. The summed E-state index contributed by atoms with van der Waals surface area (Å²) < 4.78 is 21.2. The predicted octanol–water partition coefficient (Wildman–Crippen LogP) is -0.0751. The molecule has 2 unspecified atom stereocenters. The first-order valence-electron chi connectivity index (χ1n) is 6.86. The van der Waals surface area contributed by atoms with E-state index in [1.807, 2.05) is 0 Å². The lowest BCUT2D eigenvalue weighted by molar-refractivity contribution is -0.0163. The van der Waals surface area contributed by atoms with Gasteiger partial charge in [-0.25, -0.2) is 0 Å². The fourth-order valence-corrected chi connectivity index (χ4v) is 2.13. The molecule has 1 rings (SSSR count). The summed E-state index contributed by atoms with van der Waals surface area (Å²) in [6, 6.07) is 0. The number of rotatable bonds is 11. The van der Waals surface area contributed by atoms with Crippen molar-refractivity contribution < 1.29 is 24.1 Å². The molecule has 1 saturated carbocycles. The summed E-state index contributed by atoms with van der Waals surface area (Å²) in [5, 5.41) is 9.15. The molecule has 0 spiro atoms. The minimum Gasteiger partial charge on any atom is -0.394 e. The van der Waals surface area contributed by atoms with Crippen molar-refractivity contribution in [2.24, 2.45) is 5.73 Å². The smallest absolute Gasteiger partial charge is 0.0704 e. The van der Waals surface area contributed by atoms with E-state index in [1.54, 1.807) is 7.11 Å². The lowest BCUT2D eigenvalue weighted by Crippen LogP contribution is -2.41. The SMILES string of the molecule is COCCOCCOCCOC1CCC(N)(CO)C1. The Labute approximate surface area is 115 Å². The summed E-state index contributed by atoms with van der Waals surface area (Å²) in [5.41, 5.74) is 5.53. The van der Waals surface area contributed by atoms with Gasteiger partial charge in [-0.3, -0.25) is 0 Å². The van der Waals surface area contributed by atoms with E-state index in [0.717, 1.165) is 19.3 Å². The van der Waals surface area contributed by atoms with Crippen LogP contribution < -0.4 is 5.73 Å². The van der Waals surface area contributed by atoms with E-state index in [2.05, 4.69) is 0 Å². The Hall–Kier alpha value is -0.240. The maximum atomic E-state index is 9.15. The predicted molar refractivity (Wildman–Crippen MR) is 71.1 cm³/mol. The highest BCUT2D eigenvalue weighted by Crippen LogP contribution is 2.29. The Morgan fingerprint density at radius 1 is 1.11 bits per heavy atom. The summed E-state index contributed by atoms with van der Waals surface area (Å²) in [4.78, 5) is 0. The Kier molecular flexibility index (Phi) is 8.52. The molecule has 6 nitrogen and oxygen atoms in total. The molecule has 0 bridgehead atoms. The number of aliphatic hydroxyl groups is 1. The minimum absolute atomic E-state index is 0.0299. The van der Waals surface area contributed by atoms with Gasteiger partial charge in [-0.2, -0.15) is 0 Å². The van der Waals surface area contributed by atoms with Gasteiger partial charge in [-0.05, 0) is 19.3 Å². The van der Waals surface area contributed by atoms with Gasteiger partial charge in [0.2, 0.25) is 0 Å². The Morgan fingerprint density at radius 3 is 2.32 bits per heavy atom. The third-order valence-electron chi connectivity index (χ3n) is 3.30. The van der Waals surface area contributed by atoms with Crippen molar-refractivity contribution >= 4 is 0 Å². The van der Waals surface area contributed by atoms with Crippen LogP contribution in [0.4, 0.5) is 0 Å². The number of methoxy groups -OCH3 is 1. The molecule has 0 aromatic rings. The first kappa shape index (κ1) is 16.8. The summed E-state index contributed by atoms with van der Waals surface area (Å²) in [5.74, 6) is 0. The van der Waals surface area contributed by atoms with E-state index in [9.17, 15) is 0 Å². The molecule has 1 fully saturated rings. The Morgan fingerprint density at radius 2 is 1.74 bits per heavy atom. The fraction of sp³-hybridized carbons (Fsp3) is 1.00. The first-order chi connectivity index (χ1) is 9.20. The van der Waals surface area contributed by atoms with Crippen LogP contribution in [-0.2, 0) is 18.9 Å². The largest absolute Gasteiger partial charge is 0.394 e. The van der Waals surface area contributed by atoms with Gasteiger partial charge in [0.25, 0.3) is 0 Å². The normalized spacial score (nSPS) is 27.0. The van der Waals surface area contributed by atoms with Crippen LogP contribution in [0.25, 0.3) is 0 Å². The van der Waals surface area contributed by atoms with Crippen LogP contribution in [0.1, 0.15) is 19.3 Å². The lowest BCUT2D eigenvalue weighted by atomic mass is 10.0. The van der Waals surface area contributed by atoms with Crippen LogP contribution in [0.15, 0.2) is 0 Å². The van der Waals surface area contributed by atoms with Crippen molar-refractivity contribution in [3.8, 4) is 0 Å². The van der Waals surface area contributed by atoms with Crippen LogP contribution in [0.2, 0.25) is 0 Å². The van der Waals surface area contributed by atoms with Crippen molar-refractivity contribution in [1.29, 1.82) is 0 Å². The van der Waals surface area contributed by atoms with Gasteiger partial charge in [-0.15, -0.1) is 0 Å². The van der Waals surface area contributed by atoms with Gasteiger partial charge >= 0.3 is 0 Å². The molecule has 1 aliphatic carbocycles. The molecule has 0 amide bonds. The summed E-state index contributed by atoms with van der Waals surface area (Å²) in [7, 11) is 1.65. The molecule has 0 aromatic carbocycles. The molecule has 0 heterocycles. The molecule has 1 aliphatic rings. The van der Waals surface area contributed by atoms with Gasteiger partial charge < -0.3 is 29.8 Å². The number of hydrogen-bond donors (Lipinski definition) is 2. The highest BCUT2D eigenvalue weighted by molar-refractivity contribution is 4.93. The maximum Gasteiger partial charge on any atom is 0.0704 e. The lowest BCUT2D eigenvalue weighted by Gasteiger charge is -2.20. The van der Waals surface area contributed by atoms with Crippen molar-refractivity contribution in [2.45, 2.75) is 30.9 Å². The molecule has 19 heavy (non-hydrogen) atoms. The second-order valence-electron chi connectivity index (χ2n) is 4.97. The van der Waals surface area contributed by atoms with Crippen molar-refractivity contribution in [3.05, 3.63) is 0 Å². The van der Waals surface area contributed by atoms with Gasteiger partial charge in [0.15, 0.2) is 0 Å². The van der Waals surface area contributed by atoms with E-state index in [0.29, 0.717) is 39.6 Å². The van der Waals surface area contributed by atoms with Gasteiger partial charge in [0.1, 0.15) is 0 Å². The minimum atomic E-state index is -0.444. The van der Waals surface area contributed by atoms with E-state index in [1.165, 1.54) is 0 Å². The summed E-state index contributed by atoms with van der Waals surface area (Å²) in [6.45, 7) is 3.49. The number of hydrogen-bond acceptors (Lipinski definition) is 6. The zero-order valence-electron chi connectivity index (χ0n) is 11.8. The van der Waals surface area contributed by atoms with Crippen molar-refractivity contribution in [1.82, 2.24) is 0 Å². The Bertz CT molecular complexity index is 229. The monoisotopic (exact) mass is 277 g/mol. The van der Waals surface area contributed by atoms with E-state index >= 15 is 0 Å². The Balaban J connectivity index is 1.86. The standard InChI is InChI=1S/C13H27NO5/c1-16-4-5-17-6-7-18-8-9-19-12-2-3-13(14,10-12)11-15/h12,15H,2-11,14H2,1H3. The van der Waals surface area contributed by atoms with Gasteiger partial charge in [-0.1, -0.05) is 0 Å². The van der Waals surface area contributed by atoms with E-state index < -0.39 is 5.54 Å². The molecule has 0 saturated heterocycles. The molecule has 0 aliphatic heterocycles. The summed E-state index contributed by atoms with van der Waals surface area (Å²) in [6.07, 6.45) is 2.61. The van der Waals surface area contributed by atoms with Gasteiger partial charge in [0.05, 0.1) is 52.4 Å². The van der Waals surface area contributed by atoms with Crippen molar-refractivity contribution in [3.63, 3.8) is 0 Å². The molecular weight excluding hydrogens is 250 g/mol. The quantitative estimate of drug-likeness (QED) is 0.514. The zero-order valence-corrected chi connectivity index (χ0v) is 11.8. The highest BCUT2D eigenvalue weighted by Gasteiger charge is 2.35. The van der Waals surface area contributed by atoms with Crippen LogP contribution in [-0.4, -0.2) is 70.1 Å². The van der Waals surface area contributed by atoms with Gasteiger partial charge in [0, 0.05) is 12.6 Å². The third kappa shape index (κ3) is 7.20. The second kappa shape index (κ2) is 9.63. The van der Waals surface area contributed by atoms with E-state index in [-0.39, 0.29) is 12.7 Å². The zero-order chi connectivity index (χ0) is 14.0. The number of ether oxygens (including phenoxy) is 4. The molecule has 6 heteroatoms. The number of nitrogens with two attached hydrogens (primary N) is 1. The molecule has 0 radical (unpaired) electrons. The topological polar surface area (TPSA) is 83.2 Å². The maximum absolute atomic E-state index is 9.15. The van der Waals surface area contributed by atoms with Crippen LogP contribution in [0, 0.1) is 0 Å². The van der Waals surface area contributed by atoms with Crippen LogP contribution in [0.5, 0.6) is 0 Å². The molecule has 3 N–H and O–H groups in total. The van der Waals surface area contributed by atoms with Crippen LogP contribution >= 0.6 is 0 Å². The third-order valence-corrected chi connectivity index (χ3v) is 3.30. The molecule has 114 valence electrons. The first-order valence-corrected chi connectivity index (χ1v) is 6.86. The number of aliphatic hydroxyl groups excluding tert-OH is 1. The second-order valence-corrected chi connectivity index (χ2v) is 4.97. The summed E-state index contributed by atoms with van der Waals surface area (Å²) >= 11 is 0. The molecule has 0 aromatic heterocycles. The highest BCUT2D eigenvalue weighted by atomic mass is 16.6. The van der Waals surface area contributed by atoms with Crippen molar-refractivity contribution in [2.75, 3.05) is 53.4 Å². The molecule has 2 atom stereocenters. The van der Waals surface area contributed by atoms with Crippen LogP contribution in [0.3, 0.4) is 0 Å². The fourth-order valence-electron chi connectivity index (χ4n) is 2.13. The van der Waals surface area contributed by atoms with E-state index in [4.69, 9.17) is 29.8 Å².